The van der Waals surface area contributed by atoms with Crippen molar-refractivity contribution in [1.82, 2.24) is 9.88 Å². The van der Waals surface area contributed by atoms with Gasteiger partial charge in [-0.3, -0.25) is 4.79 Å². The first-order chi connectivity index (χ1) is 14.7. The van der Waals surface area contributed by atoms with E-state index in [-0.39, 0.29) is 17.6 Å². The average molecular weight is 429 g/mol. The summed E-state index contributed by atoms with van der Waals surface area (Å²) in [5.41, 5.74) is 3.55. The van der Waals surface area contributed by atoms with E-state index in [1.807, 2.05) is 4.90 Å². The molecule has 3 rings (SSSR count). The lowest BCUT2D eigenvalue weighted by molar-refractivity contribution is -0.135. The van der Waals surface area contributed by atoms with Crippen molar-refractivity contribution in [3.63, 3.8) is 0 Å². The van der Waals surface area contributed by atoms with E-state index >= 15 is 0 Å². The summed E-state index contributed by atoms with van der Waals surface area (Å²) in [6, 6.07) is 2.54. The fourth-order valence-corrected chi connectivity index (χ4v) is 4.68. The number of pyridine rings is 1. The number of ether oxygens (including phenoxy) is 2. The molecular weight excluding hydrogens is 392 g/mol. The van der Waals surface area contributed by atoms with Crippen molar-refractivity contribution in [1.29, 1.82) is 5.26 Å². The highest BCUT2D eigenvalue weighted by Crippen LogP contribution is 2.36. The Bertz CT molecular complexity index is 859. The SMILES string of the molecule is CCc1nc(N2CCN(C(=O)CCOC)C(C(C)C)C2)c(C#N)c2c1COC(C)(C)C2. The summed E-state index contributed by atoms with van der Waals surface area (Å²) in [4.78, 5) is 21.9. The predicted molar refractivity (Wildman–Crippen MR) is 120 cm³/mol. The van der Waals surface area contributed by atoms with Crippen molar-refractivity contribution in [2.24, 2.45) is 5.92 Å². The van der Waals surface area contributed by atoms with Gasteiger partial charge in [0.2, 0.25) is 5.91 Å². The fraction of sp³-hybridized carbons (Fsp3) is 0.708. The molecule has 170 valence electrons. The molecule has 1 aromatic heterocycles. The zero-order valence-corrected chi connectivity index (χ0v) is 19.8. The predicted octanol–water partition coefficient (Wildman–Crippen LogP) is 3.08. The molecule has 0 radical (unpaired) electrons. The van der Waals surface area contributed by atoms with Gasteiger partial charge in [-0.2, -0.15) is 5.26 Å². The third kappa shape index (κ3) is 4.86. The Balaban J connectivity index is 1.96. The van der Waals surface area contributed by atoms with Gasteiger partial charge >= 0.3 is 0 Å². The van der Waals surface area contributed by atoms with Crippen molar-refractivity contribution < 1.29 is 14.3 Å². The standard InChI is InChI=1S/C24H36N4O3/c1-7-20-19-15-31-24(4,5)12-17(19)18(13-25)23(26-20)27-9-10-28(21(14-27)16(2)3)22(29)8-11-30-6/h16,21H,7-12,14-15H2,1-6H3. The number of aryl methyl sites for hydroxylation is 1. The van der Waals surface area contributed by atoms with Gasteiger partial charge in [-0.15, -0.1) is 0 Å². The number of rotatable bonds is 6. The first-order valence-corrected chi connectivity index (χ1v) is 11.3. The van der Waals surface area contributed by atoms with Gasteiger partial charge < -0.3 is 19.3 Å². The minimum atomic E-state index is -0.296. The minimum Gasteiger partial charge on any atom is -0.384 e. The Kier molecular flexibility index (Phi) is 7.23. The molecule has 1 unspecified atom stereocenters. The summed E-state index contributed by atoms with van der Waals surface area (Å²) >= 11 is 0. The number of carbonyl (C=O) groups excluding carboxylic acids is 1. The highest BCUT2D eigenvalue weighted by atomic mass is 16.5. The van der Waals surface area contributed by atoms with Gasteiger partial charge in [-0.05, 0) is 31.7 Å². The molecule has 1 fully saturated rings. The van der Waals surface area contributed by atoms with Crippen molar-refractivity contribution in [3.8, 4) is 6.07 Å². The largest absolute Gasteiger partial charge is 0.384 e. The summed E-state index contributed by atoms with van der Waals surface area (Å²) in [6.45, 7) is 13.5. The second-order valence-corrected chi connectivity index (χ2v) is 9.49. The summed E-state index contributed by atoms with van der Waals surface area (Å²) in [5.74, 6) is 1.20. The van der Waals surface area contributed by atoms with E-state index in [0.29, 0.717) is 57.2 Å². The van der Waals surface area contributed by atoms with E-state index in [4.69, 9.17) is 14.5 Å². The number of nitriles is 1. The van der Waals surface area contributed by atoms with Gasteiger partial charge in [0.15, 0.2) is 0 Å². The number of fused-ring (bicyclic) bond motifs is 1. The molecule has 2 aliphatic rings. The smallest absolute Gasteiger partial charge is 0.225 e. The Labute approximate surface area is 186 Å². The summed E-state index contributed by atoms with van der Waals surface area (Å²) in [6.07, 6.45) is 1.90. The van der Waals surface area contributed by atoms with E-state index in [1.165, 1.54) is 0 Å². The van der Waals surface area contributed by atoms with Crippen LogP contribution < -0.4 is 4.90 Å². The quantitative estimate of drug-likeness (QED) is 0.693. The first kappa shape index (κ1) is 23.5. The highest BCUT2D eigenvalue weighted by Gasteiger charge is 2.36. The Morgan fingerprint density at radius 3 is 2.71 bits per heavy atom. The zero-order chi connectivity index (χ0) is 22.8. The molecule has 0 aliphatic carbocycles. The van der Waals surface area contributed by atoms with Crippen LogP contribution in [0.1, 0.15) is 63.4 Å². The van der Waals surface area contributed by atoms with E-state index in [9.17, 15) is 10.1 Å². The van der Waals surface area contributed by atoms with Gasteiger partial charge in [-0.25, -0.2) is 4.98 Å². The molecule has 31 heavy (non-hydrogen) atoms. The van der Waals surface area contributed by atoms with Crippen LogP contribution in [-0.4, -0.2) is 60.8 Å². The molecule has 7 nitrogen and oxygen atoms in total. The van der Waals surface area contributed by atoms with Crippen LogP contribution in [0.3, 0.4) is 0 Å². The van der Waals surface area contributed by atoms with Gasteiger partial charge in [0, 0.05) is 44.4 Å². The molecule has 0 N–H and O–H groups in total. The Morgan fingerprint density at radius 1 is 1.35 bits per heavy atom. The van der Waals surface area contributed by atoms with E-state index in [1.54, 1.807) is 7.11 Å². The van der Waals surface area contributed by atoms with Crippen molar-refractivity contribution in [3.05, 3.63) is 22.4 Å². The second kappa shape index (κ2) is 9.54. The molecule has 1 atom stereocenters. The lowest BCUT2D eigenvalue weighted by atomic mass is 9.87. The minimum absolute atomic E-state index is 0.0762. The van der Waals surface area contributed by atoms with Crippen LogP contribution in [0.15, 0.2) is 0 Å². The highest BCUT2D eigenvalue weighted by molar-refractivity contribution is 5.77. The topological polar surface area (TPSA) is 78.7 Å². The fourth-order valence-electron chi connectivity index (χ4n) is 4.68. The molecular formula is C24H36N4O3. The number of anilines is 1. The van der Waals surface area contributed by atoms with Crippen LogP contribution in [0, 0.1) is 17.2 Å². The maximum absolute atomic E-state index is 12.7. The van der Waals surface area contributed by atoms with Gasteiger partial charge in [0.25, 0.3) is 0 Å². The molecule has 3 heterocycles. The van der Waals surface area contributed by atoms with Crippen LogP contribution in [0.25, 0.3) is 0 Å². The number of aromatic nitrogens is 1. The zero-order valence-electron chi connectivity index (χ0n) is 19.8. The third-order valence-electron chi connectivity index (χ3n) is 6.46. The first-order valence-electron chi connectivity index (χ1n) is 11.3. The van der Waals surface area contributed by atoms with Gasteiger partial charge in [-0.1, -0.05) is 20.8 Å². The molecule has 0 aromatic carbocycles. The van der Waals surface area contributed by atoms with E-state index in [2.05, 4.69) is 45.6 Å². The summed E-state index contributed by atoms with van der Waals surface area (Å²) < 4.78 is 11.1. The molecule has 1 aromatic rings. The number of hydrogen-bond donors (Lipinski definition) is 0. The number of methoxy groups -OCH3 is 1. The van der Waals surface area contributed by atoms with Crippen LogP contribution in [0.2, 0.25) is 0 Å². The summed E-state index contributed by atoms with van der Waals surface area (Å²) in [7, 11) is 1.62. The monoisotopic (exact) mass is 428 g/mol. The lowest BCUT2D eigenvalue weighted by Crippen LogP contribution is -2.57. The lowest BCUT2D eigenvalue weighted by Gasteiger charge is -2.44. The van der Waals surface area contributed by atoms with E-state index < -0.39 is 0 Å². The maximum Gasteiger partial charge on any atom is 0.225 e. The number of piperazine rings is 1. The van der Waals surface area contributed by atoms with Crippen molar-refractivity contribution in [2.75, 3.05) is 38.3 Å². The van der Waals surface area contributed by atoms with Crippen molar-refractivity contribution >= 4 is 11.7 Å². The van der Waals surface area contributed by atoms with Crippen molar-refractivity contribution in [2.45, 2.75) is 72.1 Å². The molecule has 2 aliphatic heterocycles. The number of nitrogens with zero attached hydrogens (tertiary/aromatic N) is 4. The Hall–Kier alpha value is -2.17. The molecule has 0 spiro atoms. The third-order valence-corrected chi connectivity index (χ3v) is 6.46. The van der Waals surface area contributed by atoms with Gasteiger partial charge in [0.05, 0.1) is 36.8 Å². The number of amides is 1. The van der Waals surface area contributed by atoms with Crippen LogP contribution in [-0.2, 0) is 33.7 Å². The molecule has 0 saturated carbocycles. The maximum atomic E-state index is 12.7. The summed E-state index contributed by atoms with van der Waals surface area (Å²) in [5, 5.41) is 10.1. The van der Waals surface area contributed by atoms with Crippen LogP contribution in [0.4, 0.5) is 5.82 Å². The normalized spacial score (nSPS) is 20.5. The van der Waals surface area contributed by atoms with Gasteiger partial charge in [0.1, 0.15) is 11.9 Å². The second-order valence-electron chi connectivity index (χ2n) is 9.49. The molecule has 7 heteroatoms. The number of hydrogen-bond acceptors (Lipinski definition) is 6. The Morgan fingerprint density at radius 2 is 2.10 bits per heavy atom. The molecule has 1 saturated heterocycles. The van der Waals surface area contributed by atoms with Crippen LogP contribution in [0.5, 0.6) is 0 Å². The van der Waals surface area contributed by atoms with Crippen LogP contribution >= 0.6 is 0 Å². The van der Waals surface area contributed by atoms with E-state index in [0.717, 1.165) is 29.1 Å². The molecule has 1 amide bonds. The molecule has 0 bridgehead atoms. The average Bonchev–Trinajstić information content (AvgIpc) is 2.74. The number of carbonyl (C=O) groups is 1.